The monoisotopic (exact) mass is 316 g/mol. The van der Waals surface area contributed by atoms with E-state index in [0.29, 0.717) is 25.3 Å². The second kappa shape index (κ2) is 7.89. The molecular formula is C14H24N2O4S. The fraction of sp³-hybridized carbons (Fsp3) is 0.857. The van der Waals surface area contributed by atoms with Gasteiger partial charge in [-0.3, -0.25) is 0 Å². The fourth-order valence-corrected chi connectivity index (χ4v) is 3.55. The van der Waals surface area contributed by atoms with E-state index in [1.807, 2.05) is 6.26 Å². The van der Waals surface area contributed by atoms with Crippen molar-refractivity contribution >= 4 is 23.8 Å². The third kappa shape index (κ3) is 4.26. The Kier molecular flexibility index (Phi) is 6.17. The predicted molar refractivity (Wildman–Crippen MR) is 81.7 cm³/mol. The van der Waals surface area contributed by atoms with Crippen LogP contribution >= 0.6 is 11.8 Å². The predicted octanol–water partition coefficient (Wildman–Crippen LogP) is 1.55. The van der Waals surface area contributed by atoms with Crippen LogP contribution in [0.15, 0.2) is 0 Å². The Labute approximate surface area is 129 Å². The number of aliphatic carboxylic acids is 1. The molecule has 1 aliphatic heterocycles. The fourth-order valence-electron chi connectivity index (χ4n) is 3.07. The van der Waals surface area contributed by atoms with Gasteiger partial charge in [0, 0.05) is 6.54 Å². The first kappa shape index (κ1) is 16.4. The molecule has 2 aliphatic rings. The highest BCUT2D eigenvalue weighted by Crippen LogP contribution is 2.28. The maximum absolute atomic E-state index is 12.4. The Balaban J connectivity index is 1.95. The van der Waals surface area contributed by atoms with Crippen molar-refractivity contribution in [1.29, 1.82) is 0 Å². The molecule has 1 saturated heterocycles. The number of hydrogen-bond donors (Lipinski definition) is 2. The van der Waals surface area contributed by atoms with E-state index in [4.69, 9.17) is 4.74 Å². The summed E-state index contributed by atoms with van der Waals surface area (Å²) in [5, 5.41) is 11.9. The summed E-state index contributed by atoms with van der Waals surface area (Å²) >= 11 is 1.58. The summed E-state index contributed by atoms with van der Waals surface area (Å²) in [5.74, 6) is -0.252. The van der Waals surface area contributed by atoms with E-state index in [0.717, 1.165) is 25.7 Å². The van der Waals surface area contributed by atoms with Gasteiger partial charge in [-0.1, -0.05) is 12.8 Å². The average Bonchev–Trinajstić information content (AvgIpc) is 2.50. The van der Waals surface area contributed by atoms with E-state index in [1.54, 1.807) is 16.7 Å². The van der Waals surface area contributed by atoms with Gasteiger partial charge < -0.3 is 20.1 Å². The van der Waals surface area contributed by atoms with Gasteiger partial charge in [-0.15, -0.1) is 0 Å². The maximum atomic E-state index is 12.4. The van der Waals surface area contributed by atoms with Crippen molar-refractivity contribution < 1.29 is 19.4 Å². The molecular weight excluding hydrogens is 292 g/mol. The molecule has 2 rings (SSSR count). The number of fused-ring (bicyclic) bond motifs is 1. The van der Waals surface area contributed by atoms with Crippen molar-refractivity contribution in [1.82, 2.24) is 10.2 Å². The minimum Gasteiger partial charge on any atom is -0.480 e. The van der Waals surface area contributed by atoms with Crippen LogP contribution in [0, 0.1) is 0 Å². The Morgan fingerprint density at radius 3 is 2.90 bits per heavy atom. The third-order valence-electron chi connectivity index (χ3n) is 4.20. The van der Waals surface area contributed by atoms with Crippen molar-refractivity contribution in [2.75, 3.05) is 25.2 Å². The number of carbonyl (C=O) groups is 2. The average molecular weight is 316 g/mol. The summed E-state index contributed by atoms with van der Waals surface area (Å²) in [6.45, 7) is 1.08. The summed E-state index contributed by atoms with van der Waals surface area (Å²) in [5.41, 5.74) is 0. The number of carboxylic acid groups (broad SMARTS) is 1. The lowest BCUT2D eigenvalue weighted by Gasteiger charge is -2.43. The minimum atomic E-state index is -0.967. The van der Waals surface area contributed by atoms with Gasteiger partial charge >= 0.3 is 12.0 Å². The zero-order valence-electron chi connectivity index (χ0n) is 12.4. The first-order valence-electron chi connectivity index (χ1n) is 7.54. The van der Waals surface area contributed by atoms with Crippen LogP contribution in [0.5, 0.6) is 0 Å². The molecule has 1 heterocycles. The van der Waals surface area contributed by atoms with Crippen molar-refractivity contribution in [3.05, 3.63) is 0 Å². The molecule has 0 radical (unpaired) electrons. The quantitative estimate of drug-likeness (QED) is 0.804. The molecule has 3 atom stereocenters. The number of nitrogens with zero attached hydrogens (tertiary/aromatic N) is 1. The number of hydrogen-bond acceptors (Lipinski definition) is 4. The van der Waals surface area contributed by atoms with Gasteiger partial charge in [0.2, 0.25) is 0 Å². The van der Waals surface area contributed by atoms with Gasteiger partial charge in [0.1, 0.15) is 6.04 Å². The van der Waals surface area contributed by atoms with Gasteiger partial charge in [0.15, 0.2) is 0 Å². The molecule has 2 amide bonds. The van der Waals surface area contributed by atoms with Crippen molar-refractivity contribution in [2.45, 2.75) is 50.3 Å². The molecule has 2 N–H and O–H groups in total. The Morgan fingerprint density at radius 1 is 1.43 bits per heavy atom. The number of nitrogens with one attached hydrogen (secondary N) is 1. The van der Waals surface area contributed by atoms with E-state index in [9.17, 15) is 14.7 Å². The van der Waals surface area contributed by atoms with Crippen LogP contribution in [0.4, 0.5) is 4.79 Å². The molecule has 21 heavy (non-hydrogen) atoms. The highest BCUT2D eigenvalue weighted by atomic mass is 32.2. The van der Waals surface area contributed by atoms with Crippen LogP contribution in [0.1, 0.15) is 32.1 Å². The van der Waals surface area contributed by atoms with Gasteiger partial charge in [-0.2, -0.15) is 11.8 Å². The lowest BCUT2D eigenvalue weighted by Crippen LogP contribution is -2.59. The molecule has 7 heteroatoms. The van der Waals surface area contributed by atoms with E-state index in [1.165, 1.54) is 0 Å². The van der Waals surface area contributed by atoms with Crippen molar-refractivity contribution in [3.63, 3.8) is 0 Å². The summed E-state index contributed by atoms with van der Waals surface area (Å²) in [7, 11) is 0. The van der Waals surface area contributed by atoms with Crippen LogP contribution in [0.25, 0.3) is 0 Å². The van der Waals surface area contributed by atoms with Crippen LogP contribution in [0.2, 0.25) is 0 Å². The number of rotatable bonds is 5. The molecule has 0 aromatic carbocycles. The van der Waals surface area contributed by atoms with Crippen LogP contribution in [-0.4, -0.2) is 65.4 Å². The number of amides is 2. The second-order valence-corrected chi connectivity index (χ2v) is 6.56. The molecule has 0 spiro atoms. The molecule has 2 fully saturated rings. The molecule has 1 aliphatic carbocycles. The zero-order valence-corrected chi connectivity index (χ0v) is 13.2. The summed E-state index contributed by atoms with van der Waals surface area (Å²) in [4.78, 5) is 25.4. The Hall–Kier alpha value is -0.950. The molecule has 0 aromatic rings. The Morgan fingerprint density at radius 2 is 2.19 bits per heavy atom. The first-order chi connectivity index (χ1) is 10.1. The molecule has 3 unspecified atom stereocenters. The minimum absolute atomic E-state index is 0.0995. The van der Waals surface area contributed by atoms with E-state index < -0.39 is 12.0 Å². The highest BCUT2D eigenvalue weighted by molar-refractivity contribution is 7.98. The number of carboxylic acids is 1. The molecule has 120 valence electrons. The third-order valence-corrected chi connectivity index (χ3v) is 4.84. The van der Waals surface area contributed by atoms with Gasteiger partial charge in [0.05, 0.1) is 18.8 Å². The van der Waals surface area contributed by atoms with E-state index in [-0.39, 0.29) is 18.2 Å². The number of ether oxygens (including phenoxy) is 1. The lowest BCUT2D eigenvalue weighted by molar-refractivity contribution is -0.139. The molecule has 1 saturated carbocycles. The topological polar surface area (TPSA) is 78.9 Å². The molecule has 6 nitrogen and oxygen atoms in total. The smallest absolute Gasteiger partial charge is 0.326 e. The van der Waals surface area contributed by atoms with Crippen molar-refractivity contribution in [3.8, 4) is 0 Å². The zero-order chi connectivity index (χ0) is 15.2. The number of urea groups is 1. The highest BCUT2D eigenvalue weighted by Gasteiger charge is 2.37. The van der Waals surface area contributed by atoms with Gasteiger partial charge in [-0.05, 0) is 31.3 Å². The van der Waals surface area contributed by atoms with Crippen LogP contribution in [0.3, 0.4) is 0 Å². The molecule has 0 aromatic heterocycles. The van der Waals surface area contributed by atoms with Gasteiger partial charge in [0.25, 0.3) is 0 Å². The van der Waals surface area contributed by atoms with Gasteiger partial charge in [-0.25, -0.2) is 9.59 Å². The standard InChI is InChI=1S/C14H24N2O4S/c1-21-9-6-10(13(17)18)15-14(19)16-7-8-20-12-5-3-2-4-11(12)16/h10-12H,2-9H2,1H3,(H,15,19)(H,17,18). The summed E-state index contributed by atoms with van der Waals surface area (Å²) in [6.07, 6.45) is 6.67. The van der Waals surface area contributed by atoms with E-state index >= 15 is 0 Å². The number of morpholine rings is 1. The first-order valence-corrected chi connectivity index (χ1v) is 8.93. The Bertz CT molecular complexity index is 378. The summed E-state index contributed by atoms with van der Waals surface area (Å²) in [6, 6.07) is -0.971. The normalized spacial score (nSPS) is 26.8. The van der Waals surface area contributed by atoms with Crippen LogP contribution in [-0.2, 0) is 9.53 Å². The largest absolute Gasteiger partial charge is 0.480 e. The number of thioether (sulfide) groups is 1. The van der Waals surface area contributed by atoms with Crippen molar-refractivity contribution in [2.24, 2.45) is 0 Å². The SMILES string of the molecule is CSCCC(NC(=O)N1CCOC2CCCCC21)C(=O)O. The lowest BCUT2D eigenvalue weighted by atomic mass is 9.90. The number of carbonyl (C=O) groups excluding carboxylic acids is 1. The van der Waals surface area contributed by atoms with E-state index in [2.05, 4.69) is 5.32 Å². The molecule has 0 bridgehead atoms. The maximum Gasteiger partial charge on any atom is 0.326 e. The van der Waals surface area contributed by atoms with Crippen LogP contribution < -0.4 is 5.32 Å². The second-order valence-electron chi connectivity index (χ2n) is 5.58. The summed E-state index contributed by atoms with van der Waals surface area (Å²) < 4.78 is 5.74.